The molecule has 0 amide bonds. The number of hydrogen-bond donors (Lipinski definition) is 1. The fourth-order valence-electron chi connectivity index (χ4n) is 3.58. The normalized spacial score (nSPS) is 20.3. The summed E-state index contributed by atoms with van der Waals surface area (Å²) in [5, 5.41) is 1.84. The zero-order chi connectivity index (χ0) is 19.7. The Kier molecular flexibility index (Phi) is 5.30. The standard InChI is InChI=1S/C22H28N2O2S/c1-5-16-22(18-12-8-6-9-13-18,19-14-10-7-11-15-19)20-17-24(20)23-27(25,26)21(2,3)4/h5-15,20,23H,1,16-17H2,2-4H3. The Labute approximate surface area is 162 Å². The molecule has 1 fully saturated rings. The molecular formula is C22H28N2O2S. The molecule has 1 saturated heterocycles. The molecule has 2 aromatic carbocycles. The molecule has 2 atom stereocenters. The molecule has 1 N–H and O–H groups in total. The summed E-state index contributed by atoms with van der Waals surface area (Å²) in [4.78, 5) is 2.79. The van der Waals surface area contributed by atoms with Gasteiger partial charge in [-0.3, -0.25) is 0 Å². The molecule has 2 unspecified atom stereocenters. The van der Waals surface area contributed by atoms with Crippen LogP contribution in [-0.2, 0) is 15.4 Å². The summed E-state index contributed by atoms with van der Waals surface area (Å²) in [7, 11) is -3.46. The summed E-state index contributed by atoms with van der Waals surface area (Å²) in [6, 6.07) is 20.6. The van der Waals surface area contributed by atoms with Crippen LogP contribution in [0.25, 0.3) is 0 Å². The van der Waals surface area contributed by atoms with Crippen molar-refractivity contribution in [2.45, 2.75) is 43.4 Å². The lowest BCUT2D eigenvalue weighted by Gasteiger charge is -2.35. The predicted molar refractivity (Wildman–Crippen MR) is 111 cm³/mol. The highest BCUT2D eigenvalue weighted by Crippen LogP contribution is 2.46. The van der Waals surface area contributed by atoms with Crippen molar-refractivity contribution >= 4 is 10.0 Å². The van der Waals surface area contributed by atoms with Crippen LogP contribution in [0.3, 0.4) is 0 Å². The fourth-order valence-corrected chi connectivity index (χ4v) is 4.36. The van der Waals surface area contributed by atoms with E-state index < -0.39 is 14.8 Å². The molecular weight excluding hydrogens is 356 g/mol. The average Bonchev–Trinajstić information content (AvgIpc) is 3.39. The van der Waals surface area contributed by atoms with E-state index in [0.29, 0.717) is 6.54 Å². The second-order valence-electron chi connectivity index (χ2n) is 8.07. The van der Waals surface area contributed by atoms with Gasteiger partial charge in [0.2, 0.25) is 10.0 Å². The van der Waals surface area contributed by atoms with Crippen LogP contribution in [0.5, 0.6) is 0 Å². The number of sulfonamides is 1. The Morgan fingerprint density at radius 2 is 1.52 bits per heavy atom. The van der Waals surface area contributed by atoms with Crippen molar-refractivity contribution in [3.8, 4) is 0 Å². The van der Waals surface area contributed by atoms with Crippen LogP contribution < -0.4 is 4.83 Å². The minimum atomic E-state index is -3.46. The molecule has 0 aromatic heterocycles. The van der Waals surface area contributed by atoms with Gasteiger partial charge in [0, 0.05) is 12.0 Å². The molecule has 0 aliphatic carbocycles. The van der Waals surface area contributed by atoms with Crippen LogP contribution in [0.1, 0.15) is 38.3 Å². The van der Waals surface area contributed by atoms with Gasteiger partial charge in [0.15, 0.2) is 0 Å². The molecule has 1 heterocycles. The van der Waals surface area contributed by atoms with Crippen LogP contribution in [0.4, 0.5) is 0 Å². The SMILES string of the molecule is C=CCC(c1ccccc1)(c1ccccc1)C1CN1NS(=O)(=O)C(C)(C)C. The molecule has 2 aromatic rings. The number of nitrogens with zero attached hydrogens (tertiary/aromatic N) is 1. The minimum Gasteiger partial charge on any atom is -0.223 e. The van der Waals surface area contributed by atoms with Gasteiger partial charge in [0.1, 0.15) is 0 Å². The highest BCUT2D eigenvalue weighted by molar-refractivity contribution is 7.90. The Morgan fingerprint density at radius 1 is 1.04 bits per heavy atom. The average molecular weight is 385 g/mol. The molecule has 0 spiro atoms. The molecule has 0 radical (unpaired) electrons. The van der Waals surface area contributed by atoms with E-state index in [1.807, 2.05) is 47.5 Å². The number of allylic oxidation sites excluding steroid dienone is 1. The van der Waals surface area contributed by atoms with Crippen LogP contribution >= 0.6 is 0 Å². The number of hydrogen-bond acceptors (Lipinski definition) is 3. The summed E-state index contributed by atoms with van der Waals surface area (Å²) >= 11 is 0. The van der Waals surface area contributed by atoms with E-state index >= 15 is 0 Å². The first kappa shape index (κ1) is 19.8. The summed E-state index contributed by atoms with van der Waals surface area (Å²) in [6.07, 6.45) is 2.65. The number of rotatable bonds is 7. The molecule has 144 valence electrons. The number of hydrazine groups is 1. The lowest BCUT2D eigenvalue weighted by molar-refractivity contribution is 0.365. The van der Waals surface area contributed by atoms with Crippen LogP contribution in [-0.4, -0.2) is 30.8 Å². The topological polar surface area (TPSA) is 49.2 Å². The lowest BCUT2D eigenvalue weighted by atomic mass is 9.69. The second kappa shape index (κ2) is 7.23. The van der Waals surface area contributed by atoms with Crippen molar-refractivity contribution in [2.24, 2.45) is 0 Å². The molecule has 1 aliphatic rings. The van der Waals surface area contributed by atoms with Crippen molar-refractivity contribution in [3.63, 3.8) is 0 Å². The van der Waals surface area contributed by atoms with Crippen molar-refractivity contribution in [1.29, 1.82) is 0 Å². The zero-order valence-corrected chi connectivity index (χ0v) is 17.0. The smallest absolute Gasteiger partial charge is 0.223 e. The van der Waals surface area contributed by atoms with Crippen molar-refractivity contribution in [1.82, 2.24) is 9.84 Å². The van der Waals surface area contributed by atoms with Gasteiger partial charge in [0.25, 0.3) is 0 Å². The highest BCUT2D eigenvalue weighted by Gasteiger charge is 2.54. The van der Waals surface area contributed by atoms with Gasteiger partial charge in [-0.15, -0.1) is 11.4 Å². The van der Waals surface area contributed by atoms with Gasteiger partial charge in [-0.1, -0.05) is 66.7 Å². The lowest BCUT2D eigenvalue weighted by Crippen LogP contribution is -2.45. The Morgan fingerprint density at radius 3 is 1.93 bits per heavy atom. The van der Waals surface area contributed by atoms with Gasteiger partial charge in [-0.2, -0.15) is 0 Å². The van der Waals surface area contributed by atoms with Crippen LogP contribution in [0, 0.1) is 0 Å². The highest BCUT2D eigenvalue weighted by atomic mass is 32.2. The van der Waals surface area contributed by atoms with Crippen molar-refractivity contribution in [2.75, 3.05) is 6.54 Å². The number of nitrogens with one attached hydrogen (secondary N) is 1. The van der Waals surface area contributed by atoms with E-state index in [9.17, 15) is 8.42 Å². The summed E-state index contributed by atoms with van der Waals surface area (Å²) in [5.74, 6) is 0. The summed E-state index contributed by atoms with van der Waals surface area (Å²) in [6.45, 7) is 9.77. The van der Waals surface area contributed by atoms with Gasteiger partial charge in [-0.25, -0.2) is 13.4 Å². The molecule has 3 rings (SSSR count). The van der Waals surface area contributed by atoms with E-state index in [4.69, 9.17) is 0 Å². The quantitative estimate of drug-likeness (QED) is 0.582. The third-order valence-corrected chi connectivity index (χ3v) is 7.36. The van der Waals surface area contributed by atoms with Crippen molar-refractivity contribution < 1.29 is 8.42 Å². The second-order valence-corrected chi connectivity index (χ2v) is 10.5. The third-order valence-electron chi connectivity index (χ3n) is 5.27. The third kappa shape index (κ3) is 3.72. The first-order chi connectivity index (χ1) is 12.7. The maximum atomic E-state index is 12.6. The van der Waals surface area contributed by atoms with E-state index in [1.165, 1.54) is 11.1 Å². The molecule has 0 saturated carbocycles. The molecule has 4 nitrogen and oxygen atoms in total. The Bertz CT molecular complexity index is 847. The van der Waals surface area contributed by atoms with E-state index in [0.717, 1.165) is 6.42 Å². The monoisotopic (exact) mass is 384 g/mol. The van der Waals surface area contributed by atoms with Gasteiger partial charge in [-0.05, 0) is 38.3 Å². The van der Waals surface area contributed by atoms with Gasteiger partial charge >= 0.3 is 0 Å². The fraction of sp³-hybridized carbons (Fsp3) is 0.364. The van der Waals surface area contributed by atoms with E-state index in [2.05, 4.69) is 35.7 Å². The van der Waals surface area contributed by atoms with Crippen molar-refractivity contribution in [3.05, 3.63) is 84.4 Å². The minimum absolute atomic E-state index is 0.0254. The molecule has 5 heteroatoms. The maximum Gasteiger partial charge on any atom is 0.229 e. The Hall–Kier alpha value is -1.95. The van der Waals surface area contributed by atoms with E-state index in [1.54, 1.807) is 20.8 Å². The zero-order valence-electron chi connectivity index (χ0n) is 16.2. The number of benzene rings is 2. The summed E-state index contributed by atoms with van der Waals surface area (Å²) < 4.78 is 24.4. The van der Waals surface area contributed by atoms with Crippen LogP contribution in [0.2, 0.25) is 0 Å². The van der Waals surface area contributed by atoms with Gasteiger partial charge in [0.05, 0.1) is 10.8 Å². The predicted octanol–water partition coefficient (Wildman–Crippen LogP) is 3.87. The van der Waals surface area contributed by atoms with Gasteiger partial charge < -0.3 is 0 Å². The molecule has 27 heavy (non-hydrogen) atoms. The first-order valence-corrected chi connectivity index (χ1v) is 10.7. The van der Waals surface area contributed by atoms with Crippen LogP contribution in [0.15, 0.2) is 73.3 Å². The Balaban J connectivity index is 2.03. The van der Waals surface area contributed by atoms with E-state index in [-0.39, 0.29) is 11.5 Å². The molecule has 1 aliphatic heterocycles. The maximum absolute atomic E-state index is 12.6. The first-order valence-electron chi connectivity index (χ1n) is 9.23. The summed E-state index contributed by atoms with van der Waals surface area (Å²) in [5.41, 5.74) is 1.97. The molecule has 0 bridgehead atoms. The largest absolute Gasteiger partial charge is 0.229 e.